The Bertz CT molecular complexity index is 814. The van der Waals surface area contributed by atoms with Crippen LogP contribution in [0.25, 0.3) is 0 Å². The molecular formula is C17H27N7O8. The molecule has 0 saturated carbocycles. The number of hydrogen-bond donors (Lipinski definition) is 9. The lowest BCUT2D eigenvalue weighted by molar-refractivity contribution is -0.142. The first-order valence-electron chi connectivity index (χ1n) is 9.40. The van der Waals surface area contributed by atoms with Crippen LogP contribution < -0.4 is 27.4 Å². The summed E-state index contributed by atoms with van der Waals surface area (Å²) in [6, 6.07) is -5.99. The molecule has 0 fully saturated rings. The van der Waals surface area contributed by atoms with Crippen LogP contribution in [0.15, 0.2) is 12.5 Å². The van der Waals surface area contributed by atoms with Crippen molar-refractivity contribution in [3.8, 4) is 0 Å². The number of primary amides is 1. The summed E-state index contributed by atoms with van der Waals surface area (Å²) < 4.78 is 0. The second-order valence-electron chi connectivity index (χ2n) is 6.93. The number of nitrogens with two attached hydrogens (primary N) is 2. The molecule has 0 saturated heterocycles. The van der Waals surface area contributed by atoms with Crippen LogP contribution in [-0.4, -0.2) is 91.8 Å². The predicted molar refractivity (Wildman–Crippen MR) is 106 cm³/mol. The Balaban J connectivity index is 2.95. The lowest BCUT2D eigenvalue weighted by Crippen LogP contribution is -2.60. The molecule has 1 rings (SSSR count). The van der Waals surface area contributed by atoms with E-state index in [2.05, 4.69) is 25.9 Å². The summed E-state index contributed by atoms with van der Waals surface area (Å²) in [6.07, 6.45) is 0.375. The molecule has 1 aromatic rings. The minimum Gasteiger partial charge on any atom is -0.480 e. The molecule has 1 aromatic heterocycles. The molecule has 0 aliphatic carbocycles. The maximum Gasteiger partial charge on any atom is 0.326 e. The van der Waals surface area contributed by atoms with Gasteiger partial charge in [0.25, 0.3) is 0 Å². The molecule has 4 amide bonds. The van der Waals surface area contributed by atoms with E-state index in [0.717, 1.165) is 0 Å². The number of aliphatic hydroxyl groups is 2. The number of carboxylic acids is 1. The molecule has 0 aliphatic rings. The number of nitrogens with zero attached hydrogens (tertiary/aromatic N) is 1. The molecule has 5 unspecified atom stereocenters. The van der Waals surface area contributed by atoms with Crippen molar-refractivity contribution >= 4 is 29.6 Å². The van der Waals surface area contributed by atoms with Crippen molar-refractivity contribution in [1.82, 2.24) is 25.9 Å². The van der Waals surface area contributed by atoms with Crippen molar-refractivity contribution in [3.05, 3.63) is 18.2 Å². The van der Waals surface area contributed by atoms with Crippen LogP contribution in [0.5, 0.6) is 0 Å². The first kappa shape index (κ1) is 26.5. The van der Waals surface area contributed by atoms with Gasteiger partial charge in [-0.25, -0.2) is 9.78 Å². The standard InChI is InChI=1S/C17H27N7O8/c1-7(26)13(24-14(28)9(18)5-25)16(30)22-10(3-12(19)27)15(29)23-11(17(31)32)2-8-4-20-6-21-8/h4,6-7,9-11,13,25-26H,2-3,5,18H2,1H3,(H2,19,27)(H,20,21)(H,22,30)(H,23,29)(H,24,28)(H,31,32). The van der Waals surface area contributed by atoms with Crippen molar-refractivity contribution < 1.29 is 39.3 Å². The van der Waals surface area contributed by atoms with Crippen molar-refractivity contribution in [1.29, 1.82) is 0 Å². The van der Waals surface area contributed by atoms with Crippen LogP contribution in [0.3, 0.4) is 0 Å². The quantitative estimate of drug-likeness (QED) is 0.136. The third-order valence-electron chi connectivity index (χ3n) is 4.23. The van der Waals surface area contributed by atoms with Crippen LogP contribution in [0.1, 0.15) is 19.0 Å². The number of aliphatic carboxylic acids is 1. The molecule has 5 atom stereocenters. The number of aliphatic hydroxyl groups excluding tert-OH is 2. The van der Waals surface area contributed by atoms with Gasteiger partial charge in [-0.05, 0) is 6.92 Å². The topological polar surface area (TPSA) is 263 Å². The molecule has 1 heterocycles. The third-order valence-corrected chi connectivity index (χ3v) is 4.23. The van der Waals surface area contributed by atoms with Gasteiger partial charge in [0.15, 0.2) is 0 Å². The summed E-state index contributed by atoms with van der Waals surface area (Å²) >= 11 is 0. The average molecular weight is 457 g/mol. The van der Waals surface area contributed by atoms with E-state index in [1.807, 2.05) is 0 Å². The molecular weight excluding hydrogens is 430 g/mol. The molecule has 15 nitrogen and oxygen atoms in total. The lowest BCUT2D eigenvalue weighted by Gasteiger charge is -2.25. The summed E-state index contributed by atoms with van der Waals surface area (Å²) in [7, 11) is 0. The highest BCUT2D eigenvalue weighted by molar-refractivity contribution is 5.96. The third kappa shape index (κ3) is 8.29. The molecule has 0 spiro atoms. The van der Waals surface area contributed by atoms with E-state index < -0.39 is 72.9 Å². The van der Waals surface area contributed by atoms with E-state index in [1.54, 1.807) is 0 Å². The second kappa shape index (κ2) is 12.3. The number of carboxylic acid groups (broad SMARTS) is 1. The predicted octanol–water partition coefficient (Wildman–Crippen LogP) is -4.93. The molecule has 11 N–H and O–H groups in total. The number of carbonyl (C=O) groups is 5. The van der Waals surface area contributed by atoms with E-state index in [1.165, 1.54) is 19.4 Å². The second-order valence-corrected chi connectivity index (χ2v) is 6.93. The van der Waals surface area contributed by atoms with Gasteiger partial charge in [0.05, 0.1) is 25.5 Å². The van der Waals surface area contributed by atoms with Crippen molar-refractivity contribution in [2.75, 3.05) is 6.61 Å². The number of rotatable bonds is 13. The highest BCUT2D eigenvalue weighted by Crippen LogP contribution is 2.03. The summed E-state index contributed by atoms with van der Waals surface area (Å²) in [5.74, 6) is -5.42. The Hall–Kier alpha value is -3.56. The molecule has 15 heteroatoms. The lowest BCUT2D eigenvalue weighted by atomic mass is 10.1. The fourth-order valence-electron chi connectivity index (χ4n) is 2.51. The Morgan fingerprint density at radius 1 is 1.09 bits per heavy atom. The summed E-state index contributed by atoms with van der Waals surface area (Å²) in [6.45, 7) is 0.447. The van der Waals surface area contributed by atoms with Gasteiger partial charge in [0.2, 0.25) is 23.6 Å². The summed E-state index contributed by atoms with van der Waals surface area (Å²) in [5, 5.41) is 34.6. The van der Waals surface area contributed by atoms with Crippen LogP contribution >= 0.6 is 0 Å². The number of nitrogens with one attached hydrogen (secondary N) is 4. The Labute approximate surface area is 181 Å². The van der Waals surface area contributed by atoms with Gasteiger partial charge in [0.1, 0.15) is 24.2 Å². The highest BCUT2D eigenvalue weighted by Gasteiger charge is 2.33. The first-order valence-corrected chi connectivity index (χ1v) is 9.40. The van der Waals surface area contributed by atoms with Gasteiger partial charge < -0.3 is 47.7 Å². The minimum atomic E-state index is -1.60. The highest BCUT2D eigenvalue weighted by atomic mass is 16.4. The van der Waals surface area contributed by atoms with Gasteiger partial charge in [-0.3, -0.25) is 19.2 Å². The molecule has 0 aromatic carbocycles. The fraction of sp³-hybridized carbons (Fsp3) is 0.529. The van der Waals surface area contributed by atoms with E-state index in [-0.39, 0.29) is 6.42 Å². The first-order chi connectivity index (χ1) is 15.0. The zero-order valence-electron chi connectivity index (χ0n) is 17.1. The van der Waals surface area contributed by atoms with E-state index in [9.17, 15) is 34.2 Å². The SMILES string of the molecule is CC(O)C(NC(=O)C(N)CO)C(=O)NC(CC(N)=O)C(=O)NC(Cc1cnc[nH]1)C(=O)O. The van der Waals surface area contributed by atoms with Crippen molar-refractivity contribution in [2.45, 2.75) is 50.0 Å². The van der Waals surface area contributed by atoms with Crippen LogP contribution in [-0.2, 0) is 30.4 Å². The van der Waals surface area contributed by atoms with Crippen LogP contribution in [0, 0.1) is 0 Å². The maximum absolute atomic E-state index is 12.6. The maximum atomic E-state index is 12.6. The number of aromatic amines is 1. The Morgan fingerprint density at radius 3 is 2.19 bits per heavy atom. The van der Waals surface area contributed by atoms with Gasteiger partial charge in [-0.1, -0.05) is 0 Å². The Kier molecular flexibility index (Phi) is 10.2. The molecule has 0 radical (unpaired) electrons. The molecule has 32 heavy (non-hydrogen) atoms. The van der Waals surface area contributed by atoms with Crippen molar-refractivity contribution in [2.24, 2.45) is 11.5 Å². The minimum absolute atomic E-state index is 0.163. The van der Waals surface area contributed by atoms with E-state index in [4.69, 9.17) is 16.6 Å². The van der Waals surface area contributed by atoms with Gasteiger partial charge >= 0.3 is 5.97 Å². The van der Waals surface area contributed by atoms with Gasteiger partial charge in [0, 0.05) is 18.3 Å². The number of H-pyrrole nitrogens is 1. The number of carbonyl (C=O) groups excluding carboxylic acids is 4. The average Bonchev–Trinajstić information content (AvgIpc) is 3.22. The van der Waals surface area contributed by atoms with E-state index >= 15 is 0 Å². The normalized spacial score (nSPS) is 15.5. The van der Waals surface area contributed by atoms with Crippen LogP contribution in [0.4, 0.5) is 0 Å². The fourth-order valence-corrected chi connectivity index (χ4v) is 2.51. The molecule has 0 aliphatic heterocycles. The number of imidazole rings is 1. The largest absolute Gasteiger partial charge is 0.480 e. The van der Waals surface area contributed by atoms with Crippen molar-refractivity contribution in [3.63, 3.8) is 0 Å². The monoisotopic (exact) mass is 457 g/mol. The zero-order chi connectivity index (χ0) is 24.4. The summed E-state index contributed by atoms with van der Waals surface area (Å²) in [5.41, 5.74) is 10.9. The van der Waals surface area contributed by atoms with Gasteiger partial charge in [-0.2, -0.15) is 0 Å². The smallest absolute Gasteiger partial charge is 0.326 e. The molecule has 178 valence electrons. The summed E-state index contributed by atoms with van der Waals surface area (Å²) in [4.78, 5) is 66.3. The Morgan fingerprint density at radius 2 is 1.72 bits per heavy atom. The van der Waals surface area contributed by atoms with Crippen LogP contribution in [0.2, 0.25) is 0 Å². The number of amides is 4. The number of aromatic nitrogens is 2. The number of hydrogen-bond acceptors (Lipinski definition) is 9. The zero-order valence-corrected chi connectivity index (χ0v) is 17.1. The van der Waals surface area contributed by atoms with E-state index in [0.29, 0.717) is 5.69 Å². The van der Waals surface area contributed by atoms with Gasteiger partial charge in [-0.15, -0.1) is 0 Å². The molecule has 0 bridgehead atoms.